The van der Waals surface area contributed by atoms with Gasteiger partial charge in [-0.15, -0.1) is 0 Å². The lowest BCUT2D eigenvalue weighted by atomic mass is 10.1. The van der Waals surface area contributed by atoms with Gasteiger partial charge >= 0.3 is 0 Å². The highest BCUT2D eigenvalue weighted by atomic mass is 32.2. The first-order chi connectivity index (χ1) is 17.1. The van der Waals surface area contributed by atoms with Gasteiger partial charge in [0.1, 0.15) is 6.54 Å². The Kier molecular flexibility index (Phi) is 7.12. The third-order valence-corrected chi connectivity index (χ3v) is 6.88. The summed E-state index contributed by atoms with van der Waals surface area (Å²) < 4.78 is 1.64. The Balaban J connectivity index is 1.47. The molecule has 4 amide bonds. The van der Waals surface area contributed by atoms with Gasteiger partial charge in [0.15, 0.2) is 0 Å². The molecule has 1 aliphatic heterocycles. The van der Waals surface area contributed by atoms with Crippen LogP contribution >= 0.6 is 11.8 Å². The molecular weight excluding hydrogens is 476 g/mol. The minimum Gasteiger partial charge on any atom is -0.325 e. The first kappa shape index (κ1) is 25.0. The van der Waals surface area contributed by atoms with Gasteiger partial charge in [0.2, 0.25) is 5.91 Å². The van der Waals surface area contributed by atoms with E-state index >= 15 is 0 Å². The van der Waals surface area contributed by atoms with Gasteiger partial charge in [-0.25, -0.2) is 0 Å². The molecule has 0 radical (unpaired) electrons. The molecule has 0 unspecified atom stereocenters. The monoisotopic (exact) mass is 502 g/mol. The average Bonchev–Trinajstić information content (AvgIpc) is 3.26. The second kappa shape index (κ2) is 10.2. The quantitative estimate of drug-likeness (QED) is 0.473. The molecule has 8 nitrogen and oxygen atoms in total. The zero-order valence-electron chi connectivity index (χ0n) is 20.4. The molecule has 2 heterocycles. The molecule has 0 aliphatic carbocycles. The Bertz CT molecular complexity index is 1410. The minimum atomic E-state index is -0.529. The third-order valence-electron chi connectivity index (χ3n) is 5.97. The van der Waals surface area contributed by atoms with Crippen LogP contribution in [0.1, 0.15) is 38.4 Å². The molecule has 4 rings (SSSR count). The number of carbonyl (C=O) groups is 4. The highest BCUT2D eigenvalue weighted by Gasteiger charge is 2.36. The zero-order chi connectivity index (χ0) is 26.0. The molecule has 1 aromatic heterocycles. The predicted molar refractivity (Wildman–Crippen MR) is 141 cm³/mol. The van der Waals surface area contributed by atoms with E-state index < -0.39 is 17.1 Å². The van der Waals surface area contributed by atoms with Crippen LogP contribution in [0.25, 0.3) is 6.08 Å². The molecule has 2 aromatic carbocycles. The smallest absolute Gasteiger partial charge is 0.294 e. The number of rotatable bonds is 6. The van der Waals surface area contributed by atoms with E-state index in [2.05, 4.69) is 10.7 Å². The number of hydrogen-bond donors (Lipinski definition) is 2. The summed E-state index contributed by atoms with van der Waals surface area (Å²) >= 11 is 0.786. The van der Waals surface area contributed by atoms with E-state index in [9.17, 15) is 19.2 Å². The van der Waals surface area contributed by atoms with Crippen molar-refractivity contribution in [3.05, 3.63) is 93.1 Å². The van der Waals surface area contributed by atoms with Gasteiger partial charge in [0.25, 0.3) is 17.1 Å². The van der Waals surface area contributed by atoms with Crippen molar-refractivity contribution >= 4 is 46.5 Å². The molecule has 0 spiro atoms. The van der Waals surface area contributed by atoms with Crippen LogP contribution in [-0.4, -0.2) is 39.1 Å². The van der Waals surface area contributed by atoms with Gasteiger partial charge in [0, 0.05) is 22.6 Å². The van der Waals surface area contributed by atoms with Crippen LogP contribution in [0, 0.1) is 27.7 Å². The summed E-state index contributed by atoms with van der Waals surface area (Å²) in [4.78, 5) is 51.7. The second-order valence-electron chi connectivity index (χ2n) is 8.58. The molecule has 36 heavy (non-hydrogen) atoms. The summed E-state index contributed by atoms with van der Waals surface area (Å²) in [5, 5.41) is 2.23. The van der Waals surface area contributed by atoms with Crippen LogP contribution in [0.15, 0.2) is 59.5 Å². The summed E-state index contributed by atoms with van der Waals surface area (Å²) in [5.74, 6) is -1.25. The number of nitrogens with zero attached hydrogens (tertiary/aromatic N) is 2. The van der Waals surface area contributed by atoms with Gasteiger partial charge in [-0.05, 0) is 92.6 Å². The number of hydrogen-bond acceptors (Lipinski definition) is 5. The number of anilines is 1. The molecule has 184 valence electrons. The number of nitrogens with one attached hydrogen (secondary N) is 2. The van der Waals surface area contributed by atoms with Crippen LogP contribution < -0.4 is 10.7 Å². The Morgan fingerprint density at radius 3 is 2.36 bits per heavy atom. The highest BCUT2D eigenvalue weighted by Crippen LogP contribution is 2.33. The fourth-order valence-electron chi connectivity index (χ4n) is 3.80. The normalized spacial score (nSPS) is 14.4. The van der Waals surface area contributed by atoms with E-state index in [1.54, 1.807) is 41.1 Å². The van der Waals surface area contributed by atoms with E-state index in [0.717, 1.165) is 33.5 Å². The maximum absolute atomic E-state index is 12.9. The minimum absolute atomic E-state index is 0.216. The predicted octanol–water partition coefficient (Wildman–Crippen LogP) is 4.78. The summed E-state index contributed by atoms with van der Waals surface area (Å²) in [6, 6.07) is 16.2. The maximum atomic E-state index is 12.9. The molecule has 1 aliphatic rings. The highest BCUT2D eigenvalue weighted by molar-refractivity contribution is 8.18. The van der Waals surface area contributed by atoms with Crippen LogP contribution in [-0.2, 0) is 9.59 Å². The first-order valence-corrected chi connectivity index (χ1v) is 12.1. The van der Waals surface area contributed by atoms with Gasteiger partial charge in [-0.3, -0.25) is 34.2 Å². The van der Waals surface area contributed by atoms with Crippen LogP contribution in [0.4, 0.5) is 10.5 Å². The second-order valence-corrected chi connectivity index (χ2v) is 9.58. The lowest BCUT2D eigenvalue weighted by Gasteiger charge is -2.13. The topological polar surface area (TPSA) is 101 Å². The molecule has 0 atom stereocenters. The molecule has 1 fully saturated rings. The largest absolute Gasteiger partial charge is 0.325 e. The van der Waals surface area contributed by atoms with E-state index in [1.807, 2.05) is 52.0 Å². The van der Waals surface area contributed by atoms with Crippen LogP contribution in [0.5, 0.6) is 0 Å². The Morgan fingerprint density at radius 1 is 0.944 bits per heavy atom. The van der Waals surface area contributed by atoms with Crippen LogP contribution in [0.2, 0.25) is 0 Å². The first-order valence-electron chi connectivity index (χ1n) is 11.3. The van der Waals surface area contributed by atoms with Gasteiger partial charge in [-0.2, -0.15) is 0 Å². The van der Waals surface area contributed by atoms with E-state index in [4.69, 9.17) is 0 Å². The zero-order valence-corrected chi connectivity index (χ0v) is 21.2. The Hall–Kier alpha value is -4.11. The molecular formula is C27H26N4O4S. The van der Waals surface area contributed by atoms with Crippen molar-refractivity contribution in [1.82, 2.24) is 9.58 Å². The molecule has 1 saturated heterocycles. The number of amides is 4. The fraction of sp³-hybridized carbons (Fsp3) is 0.185. The lowest BCUT2D eigenvalue weighted by Crippen LogP contribution is -2.36. The summed E-state index contributed by atoms with van der Waals surface area (Å²) in [7, 11) is 0. The summed E-state index contributed by atoms with van der Waals surface area (Å²) in [6.45, 7) is 7.18. The standard InChI is InChI=1S/C27H26N4O4S/c1-16-10-11-22(12-17(16)2)28-24(32)15-30-26(34)23(36-27(30)35)14-21-13-18(3)31(19(21)4)29-25(33)20-8-6-5-7-9-20/h5-14H,15H2,1-4H3,(H,28,32)(H,29,33)/b23-14-. The number of benzene rings is 2. The number of carbonyl (C=O) groups excluding carboxylic acids is 4. The van der Waals surface area contributed by atoms with Gasteiger partial charge in [-0.1, -0.05) is 24.3 Å². The number of aromatic nitrogens is 1. The summed E-state index contributed by atoms with van der Waals surface area (Å²) in [5.41, 5.74) is 8.26. The van der Waals surface area contributed by atoms with Crippen molar-refractivity contribution in [3.63, 3.8) is 0 Å². The van der Waals surface area contributed by atoms with Crippen molar-refractivity contribution in [2.24, 2.45) is 0 Å². The van der Waals surface area contributed by atoms with Crippen LogP contribution in [0.3, 0.4) is 0 Å². The molecule has 3 aromatic rings. The van der Waals surface area contributed by atoms with Gasteiger partial charge in [0.05, 0.1) is 4.91 Å². The van der Waals surface area contributed by atoms with Crippen molar-refractivity contribution < 1.29 is 19.2 Å². The lowest BCUT2D eigenvalue weighted by molar-refractivity contribution is -0.127. The molecule has 0 saturated carbocycles. The number of thioether (sulfide) groups is 1. The van der Waals surface area contributed by atoms with Crippen molar-refractivity contribution in [2.45, 2.75) is 27.7 Å². The van der Waals surface area contributed by atoms with Crippen molar-refractivity contribution in [2.75, 3.05) is 17.3 Å². The Labute approximate surface area is 213 Å². The molecule has 0 bridgehead atoms. The van der Waals surface area contributed by atoms with Crippen molar-refractivity contribution in [1.29, 1.82) is 0 Å². The Morgan fingerprint density at radius 2 is 1.67 bits per heavy atom. The number of aryl methyl sites for hydroxylation is 3. The van der Waals surface area contributed by atoms with Gasteiger partial charge < -0.3 is 5.32 Å². The number of imide groups is 1. The molecule has 9 heteroatoms. The SMILES string of the molecule is Cc1ccc(NC(=O)CN2C(=O)S/C(=C\c3cc(C)n(NC(=O)c4ccccc4)c3C)C2=O)cc1C. The molecule has 2 N–H and O–H groups in total. The van der Waals surface area contributed by atoms with E-state index in [-0.39, 0.29) is 17.4 Å². The summed E-state index contributed by atoms with van der Waals surface area (Å²) in [6.07, 6.45) is 1.61. The maximum Gasteiger partial charge on any atom is 0.294 e. The average molecular weight is 503 g/mol. The fourth-order valence-corrected chi connectivity index (χ4v) is 4.63. The third kappa shape index (κ3) is 5.26. The van der Waals surface area contributed by atoms with Crippen molar-refractivity contribution in [3.8, 4) is 0 Å². The van der Waals surface area contributed by atoms with E-state index in [1.165, 1.54) is 0 Å². The van der Waals surface area contributed by atoms with E-state index in [0.29, 0.717) is 22.5 Å².